The quantitative estimate of drug-likeness (QED) is 0.548. The van der Waals surface area contributed by atoms with E-state index in [0.29, 0.717) is 0 Å². The zero-order valence-corrected chi connectivity index (χ0v) is 15.5. The number of halogens is 1. The predicted molar refractivity (Wildman–Crippen MR) is 106 cm³/mol. The van der Waals surface area contributed by atoms with Crippen LogP contribution in [0.25, 0.3) is 10.8 Å². The third-order valence-corrected chi connectivity index (χ3v) is 5.49. The molecule has 0 saturated carbocycles. The van der Waals surface area contributed by atoms with E-state index in [0.717, 1.165) is 28.5 Å². The molecule has 0 amide bonds. The summed E-state index contributed by atoms with van der Waals surface area (Å²) in [6, 6.07) is 20.9. The van der Waals surface area contributed by atoms with Crippen molar-refractivity contribution in [2.75, 3.05) is 0 Å². The zero-order chi connectivity index (χ0) is 17.9. The van der Waals surface area contributed by atoms with Crippen LogP contribution in [0.3, 0.4) is 0 Å². The van der Waals surface area contributed by atoms with Crippen LogP contribution >= 0.6 is 11.6 Å². The van der Waals surface area contributed by atoms with Gasteiger partial charge in [-0.25, -0.2) is 5.01 Å². The average molecular weight is 363 g/mol. The lowest BCUT2D eigenvalue weighted by atomic mass is 9.93. The van der Waals surface area contributed by atoms with Crippen LogP contribution in [0, 0.1) is 0 Å². The van der Waals surface area contributed by atoms with E-state index in [1.54, 1.807) is 0 Å². The molecular weight excluding hydrogens is 344 g/mol. The van der Waals surface area contributed by atoms with Gasteiger partial charge in [0.25, 0.3) is 0 Å². The van der Waals surface area contributed by atoms with Crippen molar-refractivity contribution in [1.82, 2.24) is 5.01 Å². The minimum atomic E-state index is -0.502. The van der Waals surface area contributed by atoms with Crippen molar-refractivity contribution >= 4 is 28.1 Å². The van der Waals surface area contributed by atoms with Crippen molar-refractivity contribution in [2.24, 2.45) is 5.10 Å². The van der Waals surface area contributed by atoms with Gasteiger partial charge in [0, 0.05) is 22.6 Å². The monoisotopic (exact) mass is 362 g/mol. The van der Waals surface area contributed by atoms with Gasteiger partial charge >= 0.3 is 0 Å². The third-order valence-electron chi connectivity index (χ3n) is 5.25. The maximum atomic E-state index is 6.26. The van der Waals surface area contributed by atoms with Gasteiger partial charge in [0.05, 0.1) is 11.8 Å². The van der Waals surface area contributed by atoms with E-state index in [1.807, 2.05) is 18.2 Å². The summed E-state index contributed by atoms with van der Waals surface area (Å²) in [6.07, 6.45) is 0.841. The van der Waals surface area contributed by atoms with Gasteiger partial charge in [-0.2, -0.15) is 5.10 Å². The summed E-state index contributed by atoms with van der Waals surface area (Å²) in [5, 5.41) is 10.3. The van der Waals surface area contributed by atoms with Crippen molar-refractivity contribution in [3.63, 3.8) is 0 Å². The molecule has 1 unspecified atom stereocenters. The Kier molecular flexibility index (Phi) is 3.32. The summed E-state index contributed by atoms with van der Waals surface area (Å²) in [7, 11) is 0. The second kappa shape index (κ2) is 5.49. The number of ether oxygens (including phenoxy) is 1. The summed E-state index contributed by atoms with van der Waals surface area (Å²) in [6.45, 7) is 4.13. The number of hydrogen-bond donors (Lipinski definition) is 0. The molecule has 4 heteroatoms. The van der Waals surface area contributed by atoms with Crippen LogP contribution in [0.5, 0.6) is 5.75 Å². The Bertz CT molecular complexity index is 1050. The molecule has 0 N–H and O–H groups in total. The highest BCUT2D eigenvalue weighted by Gasteiger charge is 2.45. The molecule has 3 aromatic carbocycles. The molecule has 26 heavy (non-hydrogen) atoms. The molecular formula is C22H19ClN2O. The first-order chi connectivity index (χ1) is 12.5. The van der Waals surface area contributed by atoms with E-state index < -0.39 is 5.72 Å². The Morgan fingerprint density at radius 2 is 1.88 bits per heavy atom. The maximum Gasteiger partial charge on any atom is 0.192 e. The fourth-order valence-electron chi connectivity index (χ4n) is 4.08. The lowest BCUT2D eigenvalue weighted by molar-refractivity contribution is -0.0911. The molecule has 0 bridgehead atoms. The van der Waals surface area contributed by atoms with E-state index in [-0.39, 0.29) is 6.04 Å². The van der Waals surface area contributed by atoms with E-state index >= 15 is 0 Å². The lowest BCUT2D eigenvalue weighted by Crippen LogP contribution is -2.48. The largest absolute Gasteiger partial charge is 0.467 e. The zero-order valence-electron chi connectivity index (χ0n) is 14.7. The molecule has 0 saturated heterocycles. The first kappa shape index (κ1) is 15.7. The van der Waals surface area contributed by atoms with Crippen LogP contribution in [-0.2, 0) is 0 Å². The van der Waals surface area contributed by atoms with Crippen LogP contribution in [-0.4, -0.2) is 16.4 Å². The Hall–Kier alpha value is -2.52. The van der Waals surface area contributed by atoms with Gasteiger partial charge in [-0.15, -0.1) is 0 Å². The number of rotatable bonds is 1. The van der Waals surface area contributed by atoms with Crippen molar-refractivity contribution in [2.45, 2.75) is 32.0 Å². The van der Waals surface area contributed by atoms with E-state index in [1.165, 1.54) is 16.3 Å². The summed E-state index contributed by atoms with van der Waals surface area (Å²) in [5.41, 5.74) is 2.89. The molecule has 0 fully saturated rings. The first-order valence-corrected chi connectivity index (χ1v) is 9.24. The highest BCUT2D eigenvalue weighted by Crippen LogP contribution is 2.47. The Morgan fingerprint density at radius 3 is 2.77 bits per heavy atom. The van der Waals surface area contributed by atoms with Gasteiger partial charge in [0.2, 0.25) is 0 Å². The normalized spacial score (nSPS) is 20.3. The number of fused-ring (bicyclic) bond motifs is 4. The third kappa shape index (κ3) is 2.31. The summed E-state index contributed by atoms with van der Waals surface area (Å²) >= 11 is 6.26. The summed E-state index contributed by atoms with van der Waals surface area (Å²) in [5.74, 6) is 0.898. The van der Waals surface area contributed by atoms with Gasteiger partial charge in [-0.1, -0.05) is 54.1 Å². The van der Waals surface area contributed by atoms with Crippen molar-refractivity contribution in [3.8, 4) is 5.75 Å². The molecule has 130 valence electrons. The van der Waals surface area contributed by atoms with E-state index in [2.05, 4.69) is 61.3 Å². The molecule has 1 atom stereocenters. The summed E-state index contributed by atoms with van der Waals surface area (Å²) < 4.78 is 6.22. The lowest BCUT2D eigenvalue weighted by Gasteiger charge is -2.43. The molecule has 0 spiro atoms. The second-order valence-electron chi connectivity index (χ2n) is 7.37. The molecule has 3 nitrogen and oxygen atoms in total. The molecule has 0 aliphatic carbocycles. The van der Waals surface area contributed by atoms with E-state index in [4.69, 9.17) is 21.4 Å². The molecule has 3 aromatic rings. The fraction of sp³-hybridized carbons (Fsp3) is 0.227. The number of hydrazone groups is 1. The van der Waals surface area contributed by atoms with Gasteiger partial charge in [-0.05, 0) is 42.8 Å². The Labute approximate surface area is 157 Å². The highest BCUT2D eigenvalue weighted by atomic mass is 35.5. The minimum Gasteiger partial charge on any atom is -0.467 e. The van der Waals surface area contributed by atoms with E-state index in [9.17, 15) is 0 Å². The van der Waals surface area contributed by atoms with Crippen molar-refractivity contribution in [1.29, 1.82) is 0 Å². The van der Waals surface area contributed by atoms with Crippen LogP contribution < -0.4 is 4.74 Å². The highest BCUT2D eigenvalue weighted by molar-refractivity contribution is 6.30. The molecule has 2 heterocycles. The SMILES string of the molecule is CC1(C)Oc2ccc(Cl)cc2C2CC(c3cccc4ccccc34)=NN21. The van der Waals surface area contributed by atoms with Crippen LogP contribution in [0.1, 0.15) is 37.4 Å². The minimum absolute atomic E-state index is 0.140. The fourth-order valence-corrected chi connectivity index (χ4v) is 4.26. The van der Waals surface area contributed by atoms with Gasteiger partial charge < -0.3 is 4.74 Å². The Morgan fingerprint density at radius 1 is 1.08 bits per heavy atom. The summed E-state index contributed by atoms with van der Waals surface area (Å²) in [4.78, 5) is 0. The van der Waals surface area contributed by atoms with Crippen LogP contribution in [0.4, 0.5) is 0 Å². The standard InChI is InChI=1S/C22H19ClN2O/c1-22(2)25-20(18-12-15(23)10-11-21(18)26-22)13-19(24-25)17-9-5-7-14-6-3-4-8-16(14)17/h3-12,20H,13H2,1-2H3. The van der Waals surface area contributed by atoms with Crippen LogP contribution in [0.15, 0.2) is 65.8 Å². The second-order valence-corrected chi connectivity index (χ2v) is 7.81. The van der Waals surface area contributed by atoms with Gasteiger partial charge in [-0.3, -0.25) is 0 Å². The average Bonchev–Trinajstić information content (AvgIpc) is 3.09. The van der Waals surface area contributed by atoms with Crippen molar-refractivity contribution in [3.05, 3.63) is 76.8 Å². The van der Waals surface area contributed by atoms with Gasteiger partial charge in [0.1, 0.15) is 5.75 Å². The number of nitrogens with zero attached hydrogens (tertiary/aromatic N) is 2. The first-order valence-electron chi connectivity index (χ1n) is 8.86. The molecule has 5 rings (SSSR count). The number of benzene rings is 3. The molecule has 2 aliphatic heterocycles. The molecule has 2 aliphatic rings. The number of hydrogen-bond acceptors (Lipinski definition) is 3. The molecule has 0 radical (unpaired) electrons. The molecule has 0 aromatic heterocycles. The maximum absolute atomic E-state index is 6.26. The van der Waals surface area contributed by atoms with Gasteiger partial charge in [0.15, 0.2) is 5.72 Å². The predicted octanol–water partition coefficient (Wildman–Crippen LogP) is 5.77. The topological polar surface area (TPSA) is 24.8 Å². The smallest absolute Gasteiger partial charge is 0.192 e. The van der Waals surface area contributed by atoms with Crippen molar-refractivity contribution < 1.29 is 4.74 Å². The Balaban J connectivity index is 1.64. The van der Waals surface area contributed by atoms with Crippen LogP contribution in [0.2, 0.25) is 5.02 Å².